The van der Waals surface area contributed by atoms with Crippen LogP contribution in [0.15, 0.2) is 54.6 Å². The highest BCUT2D eigenvalue weighted by molar-refractivity contribution is 5.91. The second-order valence-electron chi connectivity index (χ2n) is 5.56. The number of hydrazine groups is 3. The predicted molar refractivity (Wildman–Crippen MR) is 100 cm³/mol. The molecule has 0 bridgehead atoms. The van der Waals surface area contributed by atoms with Gasteiger partial charge in [0.1, 0.15) is 0 Å². The van der Waals surface area contributed by atoms with Crippen LogP contribution in [0, 0.1) is 5.41 Å². The summed E-state index contributed by atoms with van der Waals surface area (Å²) in [5.74, 6) is -0.122. The molecule has 3 rings (SSSR count). The van der Waals surface area contributed by atoms with E-state index in [1.54, 1.807) is 0 Å². The van der Waals surface area contributed by atoms with Gasteiger partial charge in [-0.15, -0.1) is 5.53 Å². The molecular weight excluding hydrogens is 318 g/mol. The molecule has 0 atom stereocenters. The Labute approximate surface area is 147 Å². The second kappa shape index (κ2) is 8.34. The van der Waals surface area contributed by atoms with Gasteiger partial charge >= 0.3 is 0 Å². The SMILES string of the molecule is N=C(N)N(NNNc1ccc(N2CCOCC2)cc1)c1ccccc1. The molecule has 1 saturated heterocycles. The average Bonchev–Trinajstić information content (AvgIpc) is 2.67. The lowest BCUT2D eigenvalue weighted by Gasteiger charge is -2.29. The van der Waals surface area contributed by atoms with Crippen LogP contribution in [0.2, 0.25) is 0 Å². The van der Waals surface area contributed by atoms with Crippen LogP contribution in [0.5, 0.6) is 0 Å². The Balaban J connectivity index is 1.53. The maximum absolute atomic E-state index is 7.67. The fraction of sp³-hybridized carbons (Fsp3) is 0.235. The molecule has 8 nitrogen and oxygen atoms in total. The van der Waals surface area contributed by atoms with E-state index in [-0.39, 0.29) is 5.96 Å². The standard InChI is InChI=1S/C17H23N7O/c18-17(19)24(16-4-2-1-3-5-16)22-21-20-14-6-8-15(9-7-14)23-10-12-25-13-11-23/h1-9,20-22H,10-13H2,(H3,18,19). The van der Waals surface area contributed by atoms with Crippen molar-refractivity contribution in [2.75, 3.05) is 41.6 Å². The van der Waals surface area contributed by atoms with E-state index in [2.05, 4.69) is 33.5 Å². The number of rotatable bonds is 6. The molecule has 1 aliphatic heterocycles. The minimum atomic E-state index is -0.122. The highest BCUT2D eigenvalue weighted by Gasteiger charge is 2.11. The molecule has 0 unspecified atom stereocenters. The minimum absolute atomic E-state index is 0.122. The van der Waals surface area contributed by atoms with Crippen molar-refractivity contribution >= 4 is 23.0 Å². The van der Waals surface area contributed by atoms with Gasteiger partial charge in [0.05, 0.1) is 24.6 Å². The van der Waals surface area contributed by atoms with Gasteiger partial charge in [-0.05, 0) is 36.4 Å². The van der Waals surface area contributed by atoms with Crippen molar-refractivity contribution in [3.63, 3.8) is 0 Å². The normalized spacial score (nSPS) is 14.2. The lowest BCUT2D eigenvalue weighted by molar-refractivity contribution is 0.122. The van der Waals surface area contributed by atoms with Crippen LogP contribution in [-0.4, -0.2) is 32.3 Å². The number of para-hydroxylation sites is 1. The summed E-state index contributed by atoms with van der Waals surface area (Å²) in [6.07, 6.45) is 0. The van der Waals surface area contributed by atoms with Crippen molar-refractivity contribution in [1.82, 2.24) is 11.1 Å². The Kier molecular flexibility index (Phi) is 5.68. The smallest absolute Gasteiger partial charge is 0.209 e. The maximum Gasteiger partial charge on any atom is 0.209 e. The minimum Gasteiger partial charge on any atom is -0.378 e. The fourth-order valence-corrected chi connectivity index (χ4v) is 2.57. The van der Waals surface area contributed by atoms with Crippen molar-refractivity contribution in [1.29, 1.82) is 5.41 Å². The van der Waals surface area contributed by atoms with E-state index in [0.717, 1.165) is 37.7 Å². The van der Waals surface area contributed by atoms with Crippen LogP contribution in [0.4, 0.5) is 17.1 Å². The first-order valence-electron chi connectivity index (χ1n) is 8.12. The number of nitrogens with zero attached hydrogens (tertiary/aromatic N) is 2. The lowest BCUT2D eigenvalue weighted by Crippen LogP contribution is -2.54. The number of benzene rings is 2. The Bertz CT molecular complexity index is 671. The molecule has 1 heterocycles. The molecule has 0 spiro atoms. The Hall–Kier alpha value is -2.81. The zero-order chi connectivity index (χ0) is 17.5. The highest BCUT2D eigenvalue weighted by atomic mass is 16.5. The Morgan fingerprint density at radius 1 is 1.04 bits per heavy atom. The lowest BCUT2D eigenvalue weighted by atomic mass is 10.2. The van der Waals surface area contributed by atoms with Gasteiger partial charge in [0.2, 0.25) is 5.96 Å². The van der Waals surface area contributed by atoms with Crippen molar-refractivity contribution in [3.05, 3.63) is 54.6 Å². The van der Waals surface area contributed by atoms with Crippen LogP contribution in [-0.2, 0) is 4.74 Å². The topological polar surface area (TPSA) is 102 Å². The fourth-order valence-electron chi connectivity index (χ4n) is 2.57. The van der Waals surface area contributed by atoms with E-state index >= 15 is 0 Å². The third kappa shape index (κ3) is 4.60. The molecule has 8 heteroatoms. The molecule has 2 aromatic rings. The summed E-state index contributed by atoms with van der Waals surface area (Å²) in [7, 11) is 0. The van der Waals surface area contributed by atoms with E-state index < -0.39 is 0 Å². The van der Waals surface area contributed by atoms with Crippen molar-refractivity contribution in [2.24, 2.45) is 5.73 Å². The monoisotopic (exact) mass is 341 g/mol. The molecule has 0 aromatic heterocycles. The van der Waals surface area contributed by atoms with Crippen LogP contribution < -0.4 is 32.1 Å². The van der Waals surface area contributed by atoms with Gasteiger partial charge in [-0.1, -0.05) is 18.2 Å². The molecule has 0 saturated carbocycles. The molecule has 132 valence electrons. The number of hydrogen-bond acceptors (Lipinski definition) is 6. The zero-order valence-electron chi connectivity index (χ0n) is 13.9. The molecule has 0 aliphatic carbocycles. The highest BCUT2D eigenvalue weighted by Crippen LogP contribution is 2.18. The van der Waals surface area contributed by atoms with Crippen LogP contribution >= 0.6 is 0 Å². The van der Waals surface area contributed by atoms with Gasteiger partial charge in [-0.3, -0.25) is 5.41 Å². The third-order valence-corrected chi connectivity index (χ3v) is 3.87. The van der Waals surface area contributed by atoms with Crippen molar-refractivity contribution < 1.29 is 4.74 Å². The van der Waals surface area contributed by atoms with Gasteiger partial charge in [0.15, 0.2) is 0 Å². The summed E-state index contributed by atoms with van der Waals surface area (Å²) in [5.41, 5.74) is 17.2. The van der Waals surface area contributed by atoms with Crippen molar-refractivity contribution in [3.8, 4) is 0 Å². The average molecular weight is 341 g/mol. The molecule has 6 N–H and O–H groups in total. The van der Waals surface area contributed by atoms with Crippen molar-refractivity contribution in [2.45, 2.75) is 0 Å². The van der Waals surface area contributed by atoms with E-state index in [1.165, 1.54) is 10.7 Å². The first-order valence-corrected chi connectivity index (χ1v) is 8.12. The molecule has 1 fully saturated rings. The third-order valence-electron chi connectivity index (χ3n) is 3.87. The van der Waals surface area contributed by atoms with Gasteiger partial charge in [-0.25, -0.2) is 5.01 Å². The van der Waals surface area contributed by atoms with E-state index in [1.807, 2.05) is 42.5 Å². The van der Waals surface area contributed by atoms with Crippen LogP contribution in [0.1, 0.15) is 0 Å². The number of nitrogens with one attached hydrogen (secondary N) is 4. The summed E-state index contributed by atoms with van der Waals surface area (Å²) in [6, 6.07) is 17.5. The summed E-state index contributed by atoms with van der Waals surface area (Å²) < 4.78 is 5.37. The van der Waals surface area contributed by atoms with Crippen LogP contribution in [0.3, 0.4) is 0 Å². The molecular formula is C17H23N7O. The zero-order valence-corrected chi connectivity index (χ0v) is 13.9. The quantitative estimate of drug-likeness (QED) is 0.306. The number of morpholine rings is 1. The van der Waals surface area contributed by atoms with E-state index in [0.29, 0.717) is 0 Å². The van der Waals surface area contributed by atoms with E-state index in [4.69, 9.17) is 15.9 Å². The van der Waals surface area contributed by atoms with E-state index in [9.17, 15) is 0 Å². The number of guanidine groups is 1. The summed E-state index contributed by atoms with van der Waals surface area (Å²) in [6.45, 7) is 3.37. The molecule has 2 aromatic carbocycles. The number of anilines is 3. The largest absolute Gasteiger partial charge is 0.378 e. The molecule has 0 amide bonds. The van der Waals surface area contributed by atoms with Gasteiger partial charge < -0.3 is 20.8 Å². The Morgan fingerprint density at radius 2 is 1.72 bits per heavy atom. The number of hydrogen-bond donors (Lipinski definition) is 5. The molecule has 0 radical (unpaired) electrons. The molecule has 1 aliphatic rings. The first-order chi connectivity index (χ1) is 12.2. The summed E-state index contributed by atoms with van der Waals surface area (Å²) in [4.78, 5) is 2.30. The van der Waals surface area contributed by atoms with Crippen LogP contribution in [0.25, 0.3) is 0 Å². The van der Waals surface area contributed by atoms with Gasteiger partial charge in [-0.2, -0.15) is 5.53 Å². The number of ether oxygens (including phenoxy) is 1. The first kappa shape index (κ1) is 17.0. The number of nitrogens with two attached hydrogens (primary N) is 1. The van der Waals surface area contributed by atoms with Gasteiger partial charge in [0.25, 0.3) is 0 Å². The van der Waals surface area contributed by atoms with Gasteiger partial charge in [0, 0.05) is 18.8 Å². The Morgan fingerprint density at radius 3 is 2.36 bits per heavy atom. The summed E-state index contributed by atoms with van der Waals surface area (Å²) in [5, 5.41) is 9.10. The predicted octanol–water partition coefficient (Wildman–Crippen LogP) is 1.26. The second-order valence-corrected chi connectivity index (χ2v) is 5.56. The summed E-state index contributed by atoms with van der Waals surface area (Å²) >= 11 is 0. The molecule has 25 heavy (non-hydrogen) atoms. The maximum atomic E-state index is 7.67.